The van der Waals surface area contributed by atoms with E-state index in [1.807, 2.05) is 0 Å². The second kappa shape index (κ2) is 5.92. The van der Waals surface area contributed by atoms with Gasteiger partial charge < -0.3 is 10.6 Å². The quantitative estimate of drug-likeness (QED) is 0.891. The second-order valence-electron chi connectivity index (χ2n) is 6.04. The number of halogens is 1. The molecule has 0 unspecified atom stereocenters. The van der Waals surface area contributed by atoms with Gasteiger partial charge in [0.1, 0.15) is 5.82 Å². The van der Waals surface area contributed by atoms with Gasteiger partial charge in [-0.05, 0) is 61.9 Å². The van der Waals surface area contributed by atoms with Crippen LogP contribution in [0.4, 0.5) is 10.1 Å². The molecule has 1 amide bonds. The summed E-state index contributed by atoms with van der Waals surface area (Å²) < 4.78 is 13.1. The van der Waals surface area contributed by atoms with E-state index in [9.17, 15) is 9.18 Å². The van der Waals surface area contributed by atoms with Crippen LogP contribution < -0.4 is 10.6 Å². The molecule has 1 saturated carbocycles. The zero-order valence-corrected chi connectivity index (χ0v) is 11.6. The van der Waals surface area contributed by atoms with Gasteiger partial charge in [0.15, 0.2) is 0 Å². The van der Waals surface area contributed by atoms with Gasteiger partial charge in [0, 0.05) is 12.1 Å². The predicted octanol–water partition coefficient (Wildman–Crippen LogP) is 2.79. The van der Waals surface area contributed by atoms with Gasteiger partial charge in [0.25, 0.3) is 0 Å². The predicted molar refractivity (Wildman–Crippen MR) is 76.8 cm³/mol. The van der Waals surface area contributed by atoms with Crippen molar-refractivity contribution in [2.75, 3.05) is 18.4 Å². The van der Waals surface area contributed by atoms with Crippen molar-refractivity contribution >= 4 is 11.6 Å². The molecule has 1 aromatic rings. The summed E-state index contributed by atoms with van der Waals surface area (Å²) in [6, 6.07) is 6.09. The molecule has 1 aliphatic carbocycles. The summed E-state index contributed by atoms with van der Waals surface area (Å²) >= 11 is 0. The van der Waals surface area contributed by atoms with E-state index in [2.05, 4.69) is 10.6 Å². The van der Waals surface area contributed by atoms with Crippen molar-refractivity contribution in [3.8, 4) is 0 Å². The molecule has 108 valence electrons. The molecule has 20 heavy (non-hydrogen) atoms. The Morgan fingerprint density at radius 1 is 1.30 bits per heavy atom. The molecule has 3 nitrogen and oxygen atoms in total. The highest BCUT2D eigenvalue weighted by Gasteiger charge is 2.37. The first kappa shape index (κ1) is 13.6. The highest BCUT2D eigenvalue weighted by molar-refractivity contribution is 5.90. The van der Waals surface area contributed by atoms with E-state index in [-0.39, 0.29) is 11.7 Å². The fourth-order valence-electron chi connectivity index (χ4n) is 3.74. The van der Waals surface area contributed by atoms with E-state index in [4.69, 9.17) is 0 Å². The standard InChI is InChI=1S/C16H21FN2O/c17-13-5-2-6-14(7-13)19-16(20)8-15-11-3-1-4-12(15)10-18-9-11/h2,5-7,11-12,15,18H,1,3-4,8-10H2,(H,19,20)/t11-,12-/m0/s1. The number of benzene rings is 1. The van der Waals surface area contributed by atoms with Crippen LogP contribution >= 0.6 is 0 Å². The van der Waals surface area contributed by atoms with Gasteiger partial charge in [0.05, 0.1) is 0 Å². The smallest absolute Gasteiger partial charge is 0.224 e. The lowest BCUT2D eigenvalue weighted by molar-refractivity contribution is -0.118. The third kappa shape index (κ3) is 3.01. The number of anilines is 1. The minimum absolute atomic E-state index is 0.0133. The minimum atomic E-state index is -0.318. The maximum atomic E-state index is 13.1. The largest absolute Gasteiger partial charge is 0.326 e. The van der Waals surface area contributed by atoms with Crippen LogP contribution in [0.2, 0.25) is 0 Å². The van der Waals surface area contributed by atoms with Crippen LogP contribution in [-0.4, -0.2) is 19.0 Å². The van der Waals surface area contributed by atoms with Crippen LogP contribution in [0.5, 0.6) is 0 Å². The molecule has 2 fully saturated rings. The van der Waals surface area contributed by atoms with E-state index >= 15 is 0 Å². The summed E-state index contributed by atoms with van der Waals surface area (Å²) in [5, 5.41) is 6.29. The summed E-state index contributed by atoms with van der Waals surface area (Å²) in [5.74, 6) is 1.43. The zero-order chi connectivity index (χ0) is 13.9. The maximum absolute atomic E-state index is 13.1. The summed E-state index contributed by atoms with van der Waals surface area (Å²) in [7, 11) is 0. The molecular weight excluding hydrogens is 255 g/mol. The Kier molecular flexibility index (Phi) is 4.01. The number of hydrogen-bond acceptors (Lipinski definition) is 2. The molecule has 4 heteroatoms. The van der Waals surface area contributed by atoms with Crippen LogP contribution in [-0.2, 0) is 4.79 Å². The monoisotopic (exact) mass is 276 g/mol. The Balaban J connectivity index is 1.61. The highest BCUT2D eigenvalue weighted by atomic mass is 19.1. The van der Waals surface area contributed by atoms with Crippen LogP contribution in [0, 0.1) is 23.6 Å². The van der Waals surface area contributed by atoms with Crippen molar-refractivity contribution in [2.24, 2.45) is 17.8 Å². The molecule has 0 radical (unpaired) electrons. The van der Waals surface area contributed by atoms with E-state index < -0.39 is 0 Å². The summed E-state index contributed by atoms with van der Waals surface area (Å²) in [6.07, 6.45) is 4.30. The molecule has 3 rings (SSSR count). The van der Waals surface area contributed by atoms with Crippen molar-refractivity contribution in [3.63, 3.8) is 0 Å². The number of fused-ring (bicyclic) bond motifs is 2. The number of carbonyl (C=O) groups excluding carboxylic acids is 1. The summed E-state index contributed by atoms with van der Waals surface area (Å²) in [4.78, 5) is 12.2. The molecule has 1 saturated heterocycles. The van der Waals surface area contributed by atoms with Gasteiger partial charge in [-0.25, -0.2) is 4.39 Å². The van der Waals surface area contributed by atoms with E-state index in [1.165, 1.54) is 31.4 Å². The Morgan fingerprint density at radius 3 is 2.75 bits per heavy atom. The number of amides is 1. The normalized spacial score (nSPS) is 28.9. The number of rotatable bonds is 3. The van der Waals surface area contributed by atoms with Gasteiger partial charge in [-0.2, -0.15) is 0 Å². The molecule has 1 heterocycles. The van der Waals surface area contributed by atoms with Crippen LogP contribution in [0.1, 0.15) is 25.7 Å². The van der Waals surface area contributed by atoms with Gasteiger partial charge in [-0.15, -0.1) is 0 Å². The first-order valence-corrected chi connectivity index (χ1v) is 7.48. The average Bonchev–Trinajstić information content (AvgIpc) is 2.38. The lowest BCUT2D eigenvalue weighted by Crippen LogP contribution is -2.47. The lowest BCUT2D eigenvalue weighted by Gasteiger charge is -2.42. The van der Waals surface area contributed by atoms with Crippen LogP contribution in [0.15, 0.2) is 24.3 Å². The van der Waals surface area contributed by atoms with E-state index in [0.717, 1.165) is 13.1 Å². The molecular formula is C16H21FN2O. The minimum Gasteiger partial charge on any atom is -0.326 e. The molecule has 1 aromatic carbocycles. The van der Waals surface area contributed by atoms with Crippen LogP contribution in [0.3, 0.4) is 0 Å². The van der Waals surface area contributed by atoms with Crippen molar-refractivity contribution in [2.45, 2.75) is 25.7 Å². The fraction of sp³-hybridized carbons (Fsp3) is 0.562. The first-order chi connectivity index (χ1) is 9.72. The van der Waals surface area contributed by atoms with Gasteiger partial charge in [-0.1, -0.05) is 12.5 Å². The topological polar surface area (TPSA) is 41.1 Å². The number of piperidine rings is 1. The van der Waals surface area contributed by atoms with Gasteiger partial charge in [0.2, 0.25) is 5.91 Å². The number of carbonyl (C=O) groups is 1. The van der Waals surface area contributed by atoms with Crippen molar-refractivity contribution in [1.29, 1.82) is 0 Å². The lowest BCUT2D eigenvalue weighted by atomic mass is 9.68. The molecule has 0 spiro atoms. The van der Waals surface area contributed by atoms with Crippen molar-refractivity contribution < 1.29 is 9.18 Å². The third-order valence-electron chi connectivity index (χ3n) is 4.70. The number of nitrogens with one attached hydrogen (secondary N) is 2. The molecule has 0 aromatic heterocycles. The highest BCUT2D eigenvalue weighted by Crippen LogP contribution is 2.39. The average molecular weight is 276 g/mol. The van der Waals surface area contributed by atoms with Gasteiger partial charge >= 0.3 is 0 Å². The maximum Gasteiger partial charge on any atom is 0.224 e. The SMILES string of the molecule is O=C(CC1[C@H]2CCC[C@H]1CNC2)Nc1cccc(F)c1. The van der Waals surface area contributed by atoms with E-state index in [1.54, 1.807) is 12.1 Å². The number of hydrogen-bond donors (Lipinski definition) is 2. The molecule has 2 aliphatic rings. The van der Waals surface area contributed by atoms with Crippen molar-refractivity contribution in [1.82, 2.24) is 5.32 Å². The van der Waals surface area contributed by atoms with E-state index in [0.29, 0.717) is 29.9 Å². The second-order valence-corrected chi connectivity index (χ2v) is 6.04. The first-order valence-electron chi connectivity index (χ1n) is 7.48. The Morgan fingerprint density at radius 2 is 2.05 bits per heavy atom. The van der Waals surface area contributed by atoms with Crippen molar-refractivity contribution in [3.05, 3.63) is 30.1 Å². The molecule has 1 aliphatic heterocycles. The zero-order valence-electron chi connectivity index (χ0n) is 11.6. The summed E-state index contributed by atoms with van der Waals surface area (Å²) in [6.45, 7) is 2.07. The summed E-state index contributed by atoms with van der Waals surface area (Å²) in [5.41, 5.74) is 0.550. The Bertz CT molecular complexity index is 469. The Hall–Kier alpha value is -1.42. The molecule has 2 atom stereocenters. The third-order valence-corrected chi connectivity index (χ3v) is 4.70. The Labute approximate surface area is 118 Å². The molecule has 2 bridgehead atoms. The van der Waals surface area contributed by atoms with Crippen LogP contribution in [0.25, 0.3) is 0 Å². The van der Waals surface area contributed by atoms with Gasteiger partial charge in [-0.3, -0.25) is 4.79 Å². The molecule has 2 N–H and O–H groups in total. The fourth-order valence-corrected chi connectivity index (χ4v) is 3.74.